The maximum Gasteiger partial charge on any atom is 0.335 e. The molecule has 1 heterocycles. The van der Waals surface area contributed by atoms with E-state index in [4.69, 9.17) is 5.11 Å². The van der Waals surface area contributed by atoms with Crippen LogP contribution in [0.4, 0.5) is 0 Å². The van der Waals surface area contributed by atoms with Gasteiger partial charge in [-0.3, -0.25) is 0 Å². The van der Waals surface area contributed by atoms with Gasteiger partial charge in [-0.15, -0.1) is 0 Å². The van der Waals surface area contributed by atoms with Crippen molar-refractivity contribution in [3.63, 3.8) is 0 Å². The fraction of sp³-hybridized carbons (Fsp3) is 0.417. The average molecular weight is 364 g/mol. The third kappa shape index (κ3) is 3.03. The topological polar surface area (TPSA) is 94.9 Å². The number of carboxylic acids is 1. The molecule has 6 nitrogen and oxygen atoms in total. The summed E-state index contributed by atoms with van der Waals surface area (Å²) in [5.41, 5.74) is 0.0184. The van der Waals surface area contributed by atoms with Crippen molar-refractivity contribution in [2.45, 2.75) is 23.8 Å². The first kappa shape index (κ1) is 15.4. The molecule has 0 radical (unpaired) electrons. The predicted octanol–water partition coefficient (Wildman–Crippen LogP) is 1.29. The first-order valence-electron chi connectivity index (χ1n) is 6.03. The average Bonchev–Trinajstić information content (AvgIpc) is 2.38. The summed E-state index contributed by atoms with van der Waals surface area (Å²) in [6.45, 7) is 0.521. The smallest absolute Gasteiger partial charge is 0.335 e. The van der Waals surface area contributed by atoms with Crippen molar-refractivity contribution < 1.29 is 23.4 Å². The number of sulfonamides is 1. The number of hydrogen-bond acceptors (Lipinski definition) is 4. The lowest BCUT2D eigenvalue weighted by Crippen LogP contribution is -2.40. The molecule has 0 aliphatic carbocycles. The molecule has 1 fully saturated rings. The van der Waals surface area contributed by atoms with Gasteiger partial charge in [-0.2, -0.15) is 4.31 Å². The molecule has 1 aromatic rings. The van der Waals surface area contributed by atoms with Crippen LogP contribution in [0.15, 0.2) is 27.6 Å². The number of piperidine rings is 1. The molecule has 8 heteroatoms. The monoisotopic (exact) mass is 363 g/mol. The number of aliphatic hydroxyl groups is 1. The van der Waals surface area contributed by atoms with E-state index in [1.165, 1.54) is 22.5 Å². The lowest BCUT2D eigenvalue weighted by atomic mass is 10.1. The van der Waals surface area contributed by atoms with E-state index in [0.717, 1.165) is 0 Å². The summed E-state index contributed by atoms with van der Waals surface area (Å²) in [5.74, 6) is -1.12. The molecule has 1 saturated heterocycles. The zero-order chi connectivity index (χ0) is 14.9. The van der Waals surface area contributed by atoms with Crippen molar-refractivity contribution in [2.24, 2.45) is 0 Å². The van der Waals surface area contributed by atoms with Crippen LogP contribution in [-0.4, -0.2) is 48.1 Å². The van der Waals surface area contributed by atoms with Crippen molar-refractivity contribution in [3.8, 4) is 0 Å². The zero-order valence-corrected chi connectivity index (χ0v) is 12.9. The van der Waals surface area contributed by atoms with Crippen molar-refractivity contribution in [3.05, 3.63) is 28.2 Å². The van der Waals surface area contributed by atoms with Gasteiger partial charge in [-0.05, 0) is 47.0 Å². The van der Waals surface area contributed by atoms with E-state index in [1.54, 1.807) is 0 Å². The van der Waals surface area contributed by atoms with Gasteiger partial charge >= 0.3 is 5.97 Å². The number of benzene rings is 1. The number of carbonyl (C=O) groups is 1. The van der Waals surface area contributed by atoms with Gasteiger partial charge in [0.05, 0.1) is 16.6 Å². The van der Waals surface area contributed by atoms with E-state index in [2.05, 4.69) is 15.9 Å². The number of carboxylic acid groups (broad SMARTS) is 1. The minimum absolute atomic E-state index is 0.0184. The minimum Gasteiger partial charge on any atom is -0.478 e. The summed E-state index contributed by atoms with van der Waals surface area (Å²) >= 11 is 3.11. The molecule has 0 aromatic heterocycles. The van der Waals surface area contributed by atoms with Gasteiger partial charge in [0.1, 0.15) is 0 Å². The standard InChI is InChI=1S/C12H14BrNO5S/c13-10-7-8(12(16)17)1-2-11(10)20(18,19)14-5-3-9(15)4-6-14/h1-2,7,9,15H,3-6H2,(H,16,17). The Morgan fingerprint density at radius 3 is 2.40 bits per heavy atom. The Bertz CT molecular complexity index is 623. The molecule has 0 unspecified atom stereocenters. The lowest BCUT2D eigenvalue weighted by Gasteiger charge is -2.29. The summed E-state index contributed by atoms with van der Waals surface area (Å²) in [4.78, 5) is 10.9. The second-order valence-electron chi connectivity index (χ2n) is 4.59. The van der Waals surface area contributed by atoms with E-state index >= 15 is 0 Å². The van der Waals surface area contributed by atoms with E-state index in [-0.39, 0.29) is 28.0 Å². The van der Waals surface area contributed by atoms with Gasteiger partial charge in [-0.25, -0.2) is 13.2 Å². The molecule has 1 aliphatic rings. The van der Waals surface area contributed by atoms with E-state index in [1.807, 2.05) is 0 Å². The Balaban J connectivity index is 2.32. The summed E-state index contributed by atoms with van der Waals surface area (Å²) in [5, 5.41) is 18.3. The SMILES string of the molecule is O=C(O)c1ccc(S(=O)(=O)N2CCC(O)CC2)c(Br)c1. The number of rotatable bonds is 3. The van der Waals surface area contributed by atoms with Crippen LogP contribution in [0, 0.1) is 0 Å². The number of nitrogens with zero attached hydrogens (tertiary/aromatic N) is 1. The molecule has 0 bridgehead atoms. The Hall–Kier alpha value is -0.960. The number of halogens is 1. The largest absolute Gasteiger partial charge is 0.478 e. The minimum atomic E-state index is -3.68. The van der Waals surface area contributed by atoms with Gasteiger partial charge in [0.25, 0.3) is 0 Å². The number of aromatic carboxylic acids is 1. The molecule has 0 spiro atoms. The molecular formula is C12H14BrNO5S. The van der Waals surface area contributed by atoms with Crippen molar-refractivity contribution in [1.29, 1.82) is 0 Å². The second kappa shape index (κ2) is 5.80. The van der Waals surface area contributed by atoms with Gasteiger partial charge in [0.2, 0.25) is 10.0 Å². The van der Waals surface area contributed by atoms with Crippen molar-refractivity contribution >= 4 is 31.9 Å². The third-order valence-corrected chi connectivity index (χ3v) is 6.10. The Labute approximate surface area is 125 Å². The summed E-state index contributed by atoms with van der Waals surface area (Å²) in [6, 6.07) is 3.82. The number of hydrogen-bond donors (Lipinski definition) is 2. The Morgan fingerprint density at radius 1 is 1.30 bits per heavy atom. The molecule has 0 amide bonds. The first-order valence-corrected chi connectivity index (χ1v) is 8.26. The second-order valence-corrected chi connectivity index (χ2v) is 7.35. The molecule has 0 saturated carbocycles. The van der Waals surface area contributed by atoms with Crippen LogP contribution in [0.5, 0.6) is 0 Å². The van der Waals surface area contributed by atoms with Crippen LogP contribution in [0.1, 0.15) is 23.2 Å². The van der Waals surface area contributed by atoms with Gasteiger partial charge in [-0.1, -0.05) is 0 Å². The quantitative estimate of drug-likeness (QED) is 0.843. The highest BCUT2D eigenvalue weighted by molar-refractivity contribution is 9.10. The fourth-order valence-corrected chi connectivity index (χ4v) is 4.57. The van der Waals surface area contributed by atoms with E-state index < -0.39 is 22.1 Å². The summed E-state index contributed by atoms with van der Waals surface area (Å²) in [7, 11) is -3.68. The number of aliphatic hydroxyl groups excluding tert-OH is 1. The highest BCUT2D eigenvalue weighted by Gasteiger charge is 2.30. The molecular weight excluding hydrogens is 350 g/mol. The highest BCUT2D eigenvalue weighted by atomic mass is 79.9. The van der Waals surface area contributed by atoms with E-state index in [0.29, 0.717) is 12.8 Å². The van der Waals surface area contributed by atoms with Crippen LogP contribution in [0.25, 0.3) is 0 Å². The maximum absolute atomic E-state index is 12.5. The first-order chi connectivity index (χ1) is 9.32. The summed E-state index contributed by atoms with van der Waals surface area (Å²) in [6.07, 6.45) is 0.355. The molecule has 2 rings (SSSR count). The molecule has 110 valence electrons. The van der Waals surface area contributed by atoms with Crippen molar-refractivity contribution in [1.82, 2.24) is 4.31 Å². The maximum atomic E-state index is 12.5. The zero-order valence-electron chi connectivity index (χ0n) is 10.5. The van der Waals surface area contributed by atoms with Crippen LogP contribution < -0.4 is 0 Å². The van der Waals surface area contributed by atoms with Crippen LogP contribution in [-0.2, 0) is 10.0 Å². The normalized spacial score (nSPS) is 18.1. The van der Waals surface area contributed by atoms with Crippen molar-refractivity contribution in [2.75, 3.05) is 13.1 Å². The highest BCUT2D eigenvalue weighted by Crippen LogP contribution is 2.28. The molecule has 1 aliphatic heterocycles. The van der Waals surface area contributed by atoms with Gasteiger partial charge in [0, 0.05) is 17.6 Å². The third-order valence-electron chi connectivity index (χ3n) is 3.22. The molecule has 0 atom stereocenters. The van der Waals surface area contributed by atoms with Crippen LogP contribution >= 0.6 is 15.9 Å². The Kier molecular flexibility index (Phi) is 4.48. The predicted molar refractivity (Wildman–Crippen MR) is 75.1 cm³/mol. The van der Waals surface area contributed by atoms with Gasteiger partial charge in [0.15, 0.2) is 0 Å². The summed E-state index contributed by atoms with van der Waals surface area (Å²) < 4.78 is 26.5. The Morgan fingerprint density at radius 2 is 1.90 bits per heavy atom. The van der Waals surface area contributed by atoms with Gasteiger partial charge < -0.3 is 10.2 Å². The van der Waals surface area contributed by atoms with Crippen LogP contribution in [0.2, 0.25) is 0 Å². The molecule has 2 N–H and O–H groups in total. The molecule has 20 heavy (non-hydrogen) atoms. The van der Waals surface area contributed by atoms with Crippen LogP contribution in [0.3, 0.4) is 0 Å². The van der Waals surface area contributed by atoms with E-state index in [9.17, 15) is 18.3 Å². The lowest BCUT2D eigenvalue weighted by molar-refractivity contribution is 0.0696. The molecule has 1 aromatic carbocycles. The fourth-order valence-electron chi connectivity index (χ4n) is 2.06.